The molecule has 0 aromatic heterocycles. The highest BCUT2D eigenvalue weighted by Crippen LogP contribution is 2.39. The fraction of sp³-hybridized carbons (Fsp3) is 0.581. The van der Waals surface area contributed by atoms with Gasteiger partial charge in [-0.15, -0.1) is 0 Å². The molecule has 1 aliphatic carbocycles. The van der Waals surface area contributed by atoms with E-state index in [1.54, 1.807) is 39.8 Å². The van der Waals surface area contributed by atoms with Gasteiger partial charge in [-0.05, 0) is 101 Å². The zero-order chi connectivity index (χ0) is 28.4. The smallest absolute Gasteiger partial charge is 0.399 e. The molecule has 0 atom stereocenters. The minimum Gasteiger partial charge on any atom is -0.399 e. The minimum atomic E-state index is -4.64. The summed E-state index contributed by atoms with van der Waals surface area (Å²) in [7, 11) is -1.16. The average molecular weight is 543 g/mol. The molecule has 1 saturated heterocycles. The lowest BCUT2D eigenvalue weighted by Crippen LogP contribution is -2.41. The van der Waals surface area contributed by atoms with Crippen LogP contribution in [0.5, 0.6) is 0 Å². The highest BCUT2D eigenvalue weighted by Gasteiger charge is 2.53. The van der Waals surface area contributed by atoms with Gasteiger partial charge in [0.05, 0.1) is 16.8 Å². The Kier molecular flexibility index (Phi) is 8.87. The third-order valence-electron chi connectivity index (χ3n) is 8.83. The number of rotatable bonds is 8. The van der Waals surface area contributed by atoms with Crippen molar-refractivity contribution in [2.24, 2.45) is 5.92 Å². The maximum Gasteiger partial charge on any atom is 0.495 e. The van der Waals surface area contributed by atoms with Crippen LogP contribution in [0.3, 0.4) is 0 Å². The fourth-order valence-electron chi connectivity index (χ4n) is 5.63. The summed E-state index contributed by atoms with van der Waals surface area (Å²) in [6.45, 7) is 9.40. The Labute approximate surface area is 231 Å². The maximum atomic E-state index is 14.0. The highest BCUT2D eigenvalue weighted by molar-refractivity contribution is 6.62. The molecule has 1 heterocycles. The van der Waals surface area contributed by atoms with Crippen LogP contribution >= 0.6 is 0 Å². The second kappa shape index (κ2) is 11.7. The molecule has 4 rings (SSSR count). The zero-order valence-electron chi connectivity index (χ0n) is 23.8. The predicted molar refractivity (Wildman–Crippen MR) is 150 cm³/mol. The summed E-state index contributed by atoms with van der Waals surface area (Å²) >= 11 is 0. The third kappa shape index (κ3) is 6.89. The van der Waals surface area contributed by atoms with E-state index in [9.17, 15) is 18.0 Å². The van der Waals surface area contributed by atoms with E-state index in [0.29, 0.717) is 11.5 Å². The van der Waals surface area contributed by atoms with E-state index >= 15 is 0 Å². The van der Waals surface area contributed by atoms with Crippen LogP contribution in [0.25, 0.3) is 0 Å². The van der Waals surface area contributed by atoms with Crippen LogP contribution in [-0.4, -0.2) is 24.2 Å². The second-order valence-corrected chi connectivity index (χ2v) is 12.2. The van der Waals surface area contributed by atoms with E-state index in [1.807, 2.05) is 12.1 Å². The molecular formula is C31H41BF3NO3. The summed E-state index contributed by atoms with van der Waals surface area (Å²) in [6, 6.07) is 11.2. The second-order valence-electron chi connectivity index (χ2n) is 12.2. The summed E-state index contributed by atoms with van der Waals surface area (Å²) in [6.07, 6.45) is 5.40. The van der Waals surface area contributed by atoms with Crippen LogP contribution < -0.4 is 10.8 Å². The van der Waals surface area contributed by atoms with Gasteiger partial charge in [-0.25, -0.2) is 0 Å². The van der Waals surface area contributed by atoms with Crippen LogP contribution in [0.2, 0.25) is 0 Å². The molecule has 0 unspecified atom stereocenters. The fourth-order valence-corrected chi connectivity index (χ4v) is 5.63. The number of nitrogens with one attached hydrogen (secondary N) is 1. The molecule has 0 spiro atoms. The standard InChI is InChI=1S/C31H41BF3NO3/c1-6-7-8-9-21-10-12-22(13-11-21)23-14-16-24(17-15-23)28(37)36-25-18-19-27(26(20-25)31(33,34)35)32-38-29(2,3)30(4,5)39-32/h14-22H,6-13H2,1-5H3,(H,36,37). The molecule has 2 fully saturated rings. The number of anilines is 1. The van der Waals surface area contributed by atoms with E-state index in [4.69, 9.17) is 9.31 Å². The number of carbonyl (C=O) groups is 1. The van der Waals surface area contributed by atoms with Crippen LogP contribution in [0.1, 0.15) is 113 Å². The number of hydrogen-bond donors (Lipinski definition) is 1. The van der Waals surface area contributed by atoms with Crippen molar-refractivity contribution >= 4 is 24.2 Å². The topological polar surface area (TPSA) is 47.6 Å². The molecule has 4 nitrogen and oxygen atoms in total. The first-order valence-electron chi connectivity index (χ1n) is 14.3. The van der Waals surface area contributed by atoms with Crippen molar-refractivity contribution in [3.05, 3.63) is 59.2 Å². The quantitative estimate of drug-likeness (QED) is 0.270. The molecule has 8 heteroatoms. The normalized spacial score (nSPS) is 22.6. The molecule has 1 amide bonds. The molecule has 1 saturated carbocycles. The number of alkyl halides is 3. The van der Waals surface area contributed by atoms with Gasteiger partial charge in [0.1, 0.15) is 0 Å². The van der Waals surface area contributed by atoms with E-state index < -0.39 is 36.0 Å². The maximum absolute atomic E-state index is 14.0. The van der Waals surface area contributed by atoms with Crippen molar-refractivity contribution in [1.82, 2.24) is 0 Å². The summed E-state index contributed by atoms with van der Waals surface area (Å²) in [4.78, 5) is 12.9. The molecular weight excluding hydrogens is 502 g/mol. The first-order chi connectivity index (χ1) is 18.3. The summed E-state index contributed by atoms with van der Waals surface area (Å²) < 4.78 is 53.8. The molecule has 2 aliphatic rings. The van der Waals surface area contributed by atoms with Gasteiger partial charge in [-0.2, -0.15) is 13.2 Å². The molecule has 0 radical (unpaired) electrons. The Morgan fingerprint density at radius 1 is 0.949 bits per heavy atom. The van der Waals surface area contributed by atoms with Gasteiger partial charge in [-0.1, -0.05) is 50.8 Å². The van der Waals surface area contributed by atoms with Crippen LogP contribution in [-0.2, 0) is 15.5 Å². The molecule has 2 aromatic carbocycles. The monoisotopic (exact) mass is 543 g/mol. The van der Waals surface area contributed by atoms with Crippen molar-refractivity contribution in [3.63, 3.8) is 0 Å². The van der Waals surface area contributed by atoms with Crippen molar-refractivity contribution < 1.29 is 27.3 Å². The van der Waals surface area contributed by atoms with Crippen molar-refractivity contribution in [2.45, 2.75) is 109 Å². The minimum absolute atomic E-state index is 0.0677. The highest BCUT2D eigenvalue weighted by atomic mass is 19.4. The number of benzene rings is 2. The van der Waals surface area contributed by atoms with Crippen molar-refractivity contribution in [3.8, 4) is 0 Å². The lowest BCUT2D eigenvalue weighted by Gasteiger charge is -2.32. The summed E-state index contributed by atoms with van der Waals surface area (Å²) in [5.74, 6) is 0.884. The van der Waals surface area contributed by atoms with Crippen LogP contribution in [0, 0.1) is 5.92 Å². The molecule has 212 valence electrons. The SMILES string of the molecule is CCCCCC1CCC(c2ccc(C(=O)Nc3ccc(B4OC(C)(C)C(C)(C)O4)c(C(F)(F)F)c3)cc2)CC1. The Hall–Kier alpha value is -2.32. The molecule has 39 heavy (non-hydrogen) atoms. The first-order valence-corrected chi connectivity index (χ1v) is 14.3. The first kappa shape index (κ1) is 29.7. The van der Waals surface area contributed by atoms with Gasteiger partial charge in [-0.3, -0.25) is 4.79 Å². The number of carbonyl (C=O) groups excluding carboxylic acids is 1. The lowest BCUT2D eigenvalue weighted by atomic mass is 9.75. The van der Waals surface area contributed by atoms with Gasteiger partial charge in [0.25, 0.3) is 5.91 Å². The van der Waals surface area contributed by atoms with Gasteiger partial charge < -0.3 is 14.6 Å². The number of unbranched alkanes of at least 4 members (excludes halogenated alkanes) is 2. The molecule has 2 aromatic rings. The molecule has 0 bridgehead atoms. The number of halogens is 3. The lowest BCUT2D eigenvalue weighted by molar-refractivity contribution is -0.136. The largest absolute Gasteiger partial charge is 0.495 e. The van der Waals surface area contributed by atoms with E-state index in [-0.39, 0.29) is 11.2 Å². The van der Waals surface area contributed by atoms with E-state index in [0.717, 1.165) is 24.8 Å². The number of amides is 1. The zero-order valence-corrected chi connectivity index (χ0v) is 23.8. The van der Waals surface area contributed by atoms with E-state index in [1.165, 1.54) is 56.2 Å². The van der Waals surface area contributed by atoms with Gasteiger partial charge in [0.15, 0.2) is 0 Å². The van der Waals surface area contributed by atoms with Gasteiger partial charge >= 0.3 is 13.3 Å². The van der Waals surface area contributed by atoms with Crippen molar-refractivity contribution in [2.75, 3.05) is 5.32 Å². The predicted octanol–water partition coefficient (Wildman–Crippen LogP) is 8.11. The van der Waals surface area contributed by atoms with Crippen molar-refractivity contribution in [1.29, 1.82) is 0 Å². The summed E-state index contributed by atoms with van der Waals surface area (Å²) in [5.41, 5.74) is -0.831. The Bertz CT molecular complexity index is 1120. The van der Waals surface area contributed by atoms with Gasteiger partial charge in [0, 0.05) is 11.3 Å². The number of hydrogen-bond acceptors (Lipinski definition) is 3. The van der Waals surface area contributed by atoms with Crippen LogP contribution in [0.4, 0.5) is 18.9 Å². The summed E-state index contributed by atoms with van der Waals surface area (Å²) in [5, 5.41) is 2.63. The van der Waals surface area contributed by atoms with Crippen LogP contribution in [0.15, 0.2) is 42.5 Å². The van der Waals surface area contributed by atoms with Gasteiger partial charge in [0.2, 0.25) is 0 Å². The van der Waals surface area contributed by atoms with E-state index in [2.05, 4.69) is 12.2 Å². The Morgan fingerprint density at radius 3 is 2.13 bits per heavy atom. The molecule has 1 N–H and O–H groups in total. The average Bonchev–Trinajstić information content (AvgIpc) is 3.10. The third-order valence-corrected chi connectivity index (χ3v) is 8.83. The molecule has 1 aliphatic heterocycles. The Balaban J connectivity index is 1.41. The Morgan fingerprint density at radius 2 is 1.56 bits per heavy atom.